The zero-order valence-electron chi connectivity index (χ0n) is 14.1. The molecule has 1 aliphatic heterocycles. The number of alkyl halides is 1. The number of halogens is 2. The molecule has 7 nitrogen and oxygen atoms in total. The number of nitrogens with two attached hydrogens (primary N) is 1. The quantitative estimate of drug-likeness (QED) is 0.690. The third-order valence-electron chi connectivity index (χ3n) is 4.42. The first-order valence-corrected chi connectivity index (χ1v) is 10.4. The Balaban J connectivity index is 1.89. The maximum absolute atomic E-state index is 13.7. The van der Waals surface area contributed by atoms with E-state index in [4.69, 9.17) is 24.6 Å². The Morgan fingerprint density at radius 2 is 2.00 bits per heavy atom. The summed E-state index contributed by atoms with van der Waals surface area (Å²) in [4.78, 5) is -0.541. The maximum Gasteiger partial charge on any atom is 0.279 e. The van der Waals surface area contributed by atoms with Crippen LogP contribution in [0, 0.1) is 17.1 Å². The number of nitrogens with zero attached hydrogens (tertiary/aromatic N) is 1. The minimum atomic E-state index is -4.09. The van der Waals surface area contributed by atoms with Gasteiger partial charge in [0.15, 0.2) is 0 Å². The summed E-state index contributed by atoms with van der Waals surface area (Å²) in [7, 11) is -4.09. The van der Waals surface area contributed by atoms with Crippen molar-refractivity contribution >= 4 is 26.0 Å². The molecule has 2 aliphatic rings. The molecule has 2 N–H and O–H groups in total. The molecule has 1 aliphatic carbocycles. The van der Waals surface area contributed by atoms with E-state index >= 15 is 0 Å². The van der Waals surface area contributed by atoms with Gasteiger partial charge in [0.1, 0.15) is 29.8 Å². The van der Waals surface area contributed by atoms with Gasteiger partial charge in [-0.15, -0.1) is 0 Å². The molecule has 2 aromatic rings. The van der Waals surface area contributed by atoms with Crippen molar-refractivity contribution in [1.29, 1.82) is 5.26 Å². The van der Waals surface area contributed by atoms with Gasteiger partial charge in [-0.3, -0.25) is 0 Å². The molecular weight excluding hydrogens is 455 g/mol. The summed E-state index contributed by atoms with van der Waals surface area (Å²) in [6, 6.07) is 8.13. The summed E-state index contributed by atoms with van der Waals surface area (Å²) < 4.78 is 55.0. The van der Waals surface area contributed by atoms with E-state index in [1.807, 2.05) is 6.07 Å². The van der Waals surface area contributed by atoms with Crippen LogP contribution in [-0.2, 0) is 25.3 Å². The fraction of sp³-hybridized carbons (Fsp3) is 0.167. The Kier molecular flexibility index (Phi) is 4.33. The highest BCUT2D eigenvalue weighted by atomic mass is 79.9. The van der Waals surface area contributed by atoms with Gasteiger partial charge >= 0.3 is 0 Å². The van der Waals surface area contributed by atoms with Gasteiger partial charge in [0.05, 0.1) is 26.9 Å². The molecule has 1 spiro atoms. The molecule has 0 radical (unpaired) electrons. The molecule has 1 heterocycles. The lowest BCUT2D eigenvalue weighted by Crippen LogP contribution is -2.27. The lowest BCUT2D eigenvalue weighted by molar-refractivity contribution is -0.149. The molecule has 0 saturated carbocycles. The van der Waals surface area contributed by atoms with E-state index in [0.717, 1.165) is 12.1 Å². The molecule has 1 unspecified atom stereocenters. The minimum Gasteiger partial charge on any atom is -0.457 e. The van der Waals surface area contributed by atoms with Crippen LogP contribution in [0.2, 0.25) is 0 Å². The number of hydrogen-bond donors (Lipinski definition) is 1. The van der Waals surface area contributed by atoms with E-state index in [-0.39, 0.29) is 38.8 Å². The molecule has 144 valence electrons. The van der Waals surface area contributed by atoms with Crippen molar-refractivity contribution in [2.24, 2.45) is 5.14 Å². The second-order valence-corrected chi connectivity index (χ2v) is 8.85. The zero-order valence-corrected chi connectivity index (χ0v) is 16.5. The van der Waals surface area contributed by atoms with Crippen molar-refractivity contribution < 1.29 is 27.0 Å². The summed E-state index contributed by atoms with van der Waals surface area (Å²) in [6.07, 6.45) is 2.90. The Morgan fingerprint density at radius 3 is 2.64 bits per heavy atom. The van der Waals surface area contributed by atoms with Crippen molar-refractivity contribution in [3.63, 3.8) is 0 Å². The van der Waals surface area contributed by atoms with E-state index in [2.05, 4.69) is 15.9 Å². The second-order valence-electron chi connectivity index (χ2n) is 6.22. The lowest BCUT2D eigenvalue weighted by Gasteiger charge is -2.25. The molecule has 0 amide bonds. The zero-order chi connectivity index (χ0) is 20.1. The van der Waals surface area contributed by atoms with E-state index in [1.54, 1.807) is 0 Å². The third kappa shape index (κ3) is 3.01. The number of ether oxygens (including phenoxy) is 3. The standard InChI is InChI=1S/C18H12BrFN2O5S/c19-13-8-18(25-3-4-26-18)17-15(28(22,23)24)2-1-14(16(13)17)27-12-6-10(9-21)5-11(20)7-12/h1-7,13H,8H2,(H2,22,23,24). The average Bonchev–Trinajstić information content (AvgIpc) is 3.19. The first kappa shape index (κ1) is 18.7. The van der Waals surface area contributed by atoms with Crippen LogP contribution >= 0.6 is 15.9 Å². The van der Waals surface area contributed by atoms with Gasteiger partial charge in [0, 0.05) is 18.1 Å². The molecule has 0 saturated heterocycles. The molecule has 28 heavy (non-hydrogen) atoms. The van der Waals surface area contributed by atoms with Crippen LogP contribution in [0.4, 0.5) is 4.39 Å². The summed E-state index contributed by atoms with van der Waals surface area (Å²) in [5, 5.41) is 14.4. The Morgan fingerprint density at radius 1 is 1.29 bits per heavy atom. The van der Waals surface area contributed by atoms with Crippen molar-refractivity contribution in [1.82, 2.24) is 0 Å². The molecule has 4 rings (SSSR count). The predicted octanol–water partition coefficient (Wildman–Crippen LogP) is 3.65. The number of hydrogen-bond acceptors (Lipinski definition) is 6. The van der Waals surface area contributed by atoms with E-state index < -0.39 is 21.6 Å². The summed E-state index contributed by atoms with van der Waals surface area (Å²) in [5.74, 6) is -1.64. The maximum atomic E-state index is 13.7. The number of primary sulfonamides is 1. The molecular formula is C18H12BrFN2O5S. The number of fused-ring (bicyclic) bond motifs is 2. The summed E-state index contributed by atoms with van der Waals surface area (Å²) >= 11 is 3.50. The van der Waals surface area contributed by atoms with Crippen LogP contribution in [0.25, 0.3) is 0 Å². The van der Waals surface area contributed by atoms with Gasteiger partial charge < -0.3 is 14.2 Å². The van der Waals surface area contributed by atoms with E-state index in [9.17, 15) is 12.8 Å². The highest BCUT2D eigenvalue weighted by Gasteiger charge is 2.52. The third-order valence-corrected chi connectivity index (χ3v) is 6.15. The summed E-state index contributed by atoms with van der Waals surface area (Å²) in [6.45, 7) is 0. The van der Waals surface area contributed by atoms with Crippen LogP contribution in [0.15, 0.2) is 47.8 Å². The van der Waals surface area contributed by atoms with Crippen LogP contribution in [-0.4, -0.2) is 8.42 Å². The fourth-order valence-corrected chi connectivity index (χ4v) is 5.07. The topological polar surface area (TPSA) is 112 Å². The van der Waals surface area contributed by atoms with Gasteiger partial charge in [0.25, 0.3) is 5.79 Å². The molecule has 10 heteroatoms. The predicted molar refractivity (Wildman–Crippen MR) is 98.3 cm³/mol. The SMILES string of the molecule is N#Cc1cc(F)cc(Oc2ccc(S(N)(=O)=O)c3c2C(Br)CC32OC=CO2)c1. The van der Waals surface area contributed by atoms with Gasteiger partial charge in [-0.05, 0) is 24.3 Å². The number of benzene rings is 2. The van der Waals surface area contributed by atoms with Gasteiger partial charge in [0.2, 0.25) is 10.0 Å². The van der Waals surface area contributed by atoms with Crippen molar-refractivity contribution in [3.8, 4) is 17.6 Å². The first-order valence-electron chi connectivity index (χ1n) is 7.97. The second kappa shape index (κ2) is 6.48. The van der Waals surface area contributed by atoms with Gasteiger partial charge in [-0.2, -0.15) is 5.26 Å². The Labute approximate surface area is 168 Å². The first-order chi connectivity index (χ1) is 13.2. The molecule has 0 aromatic heterocycles. The monoisotopic (exact) mass is 466 g/mol. The lowest BCUT2D eigenvalue weighted by atomic mass is 10.1. The molecule has 2 aromatic carbocycles. The number of sulfonamides is 1. The van der Waals surface area contributed by atoms with E-state index in [1.165, 1.54) is 30.7 Å². The summed E-state index contributed by atoms with van der Waals surface area (Å²) in [5.41, 5.74) is 0.764. The largest absolute Gasteiger partial charge is 0.457 e. The van der Waals surface area contributed by atoms with Crippen LogP contribution in [0.1, 0.15) is 27.9 Å². The normalized spacial score (nSPS) is 19.0. The minimum absolute atomic E-state index is 0.0892. The van der Waals surface area contributed by atoms with Crippen molar-refractivity contribution in [2.45, 2.75) is 21.9 Å². The van der Waals surface area contributed by atoms with Gasteiger partial charge in [-0.1, -0.05) is 15.9 Å². The van der Waals surface area contributed by atoms with Crippen LogP contribution in [0.5, 0.6) is 11.5 Å². The Hall–Kier alpha value is -2.61. The van der Waals surface area contributed by atoms with E-state index in [0.29, 0.717) is 5.56 Å². The van der Waals surface area contributed by atoms with Gasteiger partial charge in [-0.25, -0.2) is 17.9 Å². The van der Waals surface area contributed by atoms with Crippen LogP contribution in [0.3, 0.4) is 0 Å². The average molecular weight is 467 g/mol. The smallest absolute Gasteiger partial charge is 0.279 e. The fourth-order valence-electron chi connectivity index (χ4n) is 3.38. The van der Waals surface area contributed by atoms with Crippen molar-refractivity contribution in [2.75, 3.05) is 0 Å². The molecule has 1 atom stereocenters. The Bertz CT molecular complexity index is 1150. The molecule has 0 bridgehead atoms. The van der Waals surface area contributed by atoms with Crippen LogP contribution < -0.4 is 9.88 Å². The number of rotatable bonds is 3. The highest BCUT2D eigenvalue weighted by Crippen LogP contribution is 2.57. The van der Waals surface area contributed by atoms with Crippen molar-refractivity contribution in [3.05, 3.63) is 65.4 Å². The highest BCUT2D eigenvalue weighted by molar-refractivity contribution is 9.09. The number of nitriles is 1. The molecule has 0 fully saturated rings.